The standard InChI is InChI=1S/C8H10F3N2O/c1-7(2,14)4-5-3-6(13-12-5)8(9,10)11/h14H,4H2,1-2H3,(H,12,13). The fourth-order valence-electron chi connectivity index (χ4n) is 0.973. The SMILES string of the molecule is CC(C)(O)Cc1[c]c(C(F)(F)F)n[nH]1. The second-order valence-corrected chi connectivity index (χ2v) is 3.66. The fourth-order valence-corrected chi connectivity index (χ4v) is 0.973. The summed E-state index contributed by atoms with van der Waals surface area (Å²) in [7, 11) is 0. The topological polar surface area (TPSA) is 48.9 Å². The number of hydrogen-bond donors (Lipinski definition) is 2. The monoisotopic (exact) mass is 207 g/mol. The van der Waals surface area contributed by atoms with Crippen LogP contribution < -0.4 is 0 Å². The number of aromatic amines is 1. The first-order valence-corrected chi connectivity index (χ1v) is 3.94. The van der Waals surface area contributed by atoms with E-state index in [1.165, 1.54) is 13.8 Å². The molecule has 0 aliphatic rings. The molecule has 1 aromatic heterocycles. The minimum absolute atomic E-state index is 0.0517. The second-order valence-electron chi connectivity index (χ2n) is 3.66. The lowest BCUT2D eigenvalue weighted by Gasteiger charge is -2.14. The number of nitrogens with zero attached hydrogens (tertiary/aromatic N) is 1. The third kappa shape index (κ3) is 3.02. The Morgan fingerprint density at radius 2 is 2.00 bits per heavy atom. The molecule has 1 aromatic rings. The van der Waals surface area contributed by atoms with Crippen molar-refractivity contribution in [2.45, 2.75) is 32.0 Å². The Kier molecular flexibility index (Phi) is 2.58. The van der Waals surface area contributed by atoms with Crippen LogP contribution in [0.15, 0.2) is 0 Å². The van der Waals surface area contributed by atoms with Crippen LogP contribution in [0, 0.1) is 6.07 Å². The molecule has 1 radical (unpaired) electrons. The molecule has 14 heavy (non-hydrogen) atoms. The maximum absolute atomic E-state index is 12.1. The van der Waals surface area contributed by atoms with Crippen LogP contribution in [0.3, 0.4) is 0 Å². The van der Waals surface area contributed by atoms with Crippen molar-refractivity contribution in [3.63, 3.8) is 0 Å². The molecule has 0 saturated carbocycles. The molecule has 0 spiro atoms. The number of aliphatic hydroxyl groups is 1. The Hall–Kier alpha value is -1.04. The third-order valence-electron chi connectivity index (χ3n) is 1.45. The number of rotatable bonds is 2. The van der Waals surface area contributed by atoms with Crippen LogP contribution in [0.1, 0.15) is 25.2 Å². The number of halogens is 3. The number of nitrogens with one attached hydrogen (secondary N) is 1. The van der Waals surface area contributed by atoms with Gasteiger partial charge in [-0.3, -0.25) is 5.10 Å². The van der Waals surface area contributed by atoms with Crippen LogP contribution in [0.4, 0.5) is 13.2 Å². The summed E-state index contributed by atoms with van der Waals surface area (Å²) in [5.74, 6) is 0. The fraction of sp³-hybridized carbons (Fsp3) is 0.625. The van der Waals surface area contributed by atoms with E-state index in [0.717, 1.165) is 0 Å². The van der Waals surface area contributed by atoms with Gasteiger partial charge < -0.3 is 5.11 Å². The van der Waals surface area contributed by atoms with Crippen molar-refractivity contribution in [3.05, 3.63) is 17.5 Å². The van der Waals surface area contributed by atoms with Crippen LogP contribution in [0.5, 0.6) is 0 Å². The van der Waals surface area contributed by atoms with Gasteiger partial charge >= 0.3 is 6.18 Å². The van der Waals surface area contributed by atoms with E-state index in [4.69, 9.17) is 0 Å². The van der Waals surface area contributed by atoms with Gasteiger partial charge in [0.2, 0.25) is 0 Å². The largest absolute Gasteiger partial charge is 0.435 e. The van der Waals surface area contributed by atoms with E-state index in [9.17, 15) is 18.3 Å². The summed E-state index contributed by atoms with van der Waals surface area (Å²) < 4.78 is 36.2. The van der Waals surface area contributed by atoms with Gasteiger partial charge in [0.1, 0.15) is 0 Å². The lowest BCUT2D eigenvalue weighted by atomic mass is 10.0. The molecule has 6 heteroatoms. The average molecular weight is 207 g/mol. The summed E-state index contributed by atoms with van der Waals surface area (Å²) in [6, 6.07) is 2.06. The zero-order valence-electron chi connectivity index (χ0n) is 7.74. The van der Waals surface area contributed by atoms with Crippen LogP contribution in [0.2, 0.25) is 0 Å². The number of alkyl halides is 3. The summed E-state index contributed by atoms with van der Waals surface area (Å²) in [5, 5.41) is 14.6. The smallest absolute Gasteiger partial charge is 0.390 e. The lowest BCUT2D eigenvalue weighted by molar-refractivity contribution is -0.141. The van der Waals surface area contributed by atoms with E-state index in [1.807, 2.05) is 0 Å². The molecule has 0 saturated heterocycles. The zero-order valence-corrected chi connectivity index (χ0v) is 7.74. The lowest BCUT2D eigenvalue weighted by Crippen LogP contribution is -2.22. The molecule has 1 heterocycles. The van der Waals surface area contributed by atoms with Crippen molar-refractivity contribution in [1.82, 2.24) is 10.2 Å². The number of H-pyrrole nitrogens is 1. The highest BCUT2D eigenvalue weighted by molar-refractivity contribution is 5.10. The van der Waals surface area contributed by atoms with Crippen LogP contribution >= 0.6 is 0 Å². The van der Waals surface area contributed by atoms with Crippen LogP contribution in [-0.4, -0.2) is 20.9 Å². The van der Waals surface area contributed by atoms with E-state index >= 15 is 0 Å². The number of hydrogen-bond acceptors (Lipinski definition) is 2. The summed E-state index contributed by atoms with van der Waals surface area (Å²) in [6.07, 6.45) is -4.44. The van der Waals surface area contributed by atoms with Gasteiger partial charge in [0.15, 0.2) is 5.69 Å². The molecule has 1 rings (SSSR count). The molecule has 0 atom stereocenters. The minimum Gasteiger partial charge on any atom is -0.390 e. The van der Waals surface area contributed by atoms with E-state index in [1.54, 1.807) is 0 Å². The van der Waals surface area contributed by atoms with Gasteiger partial charge in [-0.05, 0) is 13.8 Å². The molecule has 0 unspecified atom stereocenters. The molecule has 0 aromatic carbocycles. The summed E-state index contributed by atoms with van der Waals surface area (Å²) in [4.78, 5) is 0. The summed E-state index contributed by atoms with van der Waals surface area (Å²) in [6.45, 7) is 2.99. The Balaban J connectivity index is 2.79. The van der Waals surface area contributed by atoms with Crippen molar-refractivity contribution in [3.8, 4) is 0 Å². The first kappa shape index (κ1) is 11.0. The second kappa shape index (κ2) is 3.27. The van der Waals surface area contributed by atoms with E-state index < -0.39 is 17.5 Å². The molecule has 0 aliphatic heterocycles. The van der Waals surface area contributed by atoms with Crippen molar-refractivity contribution in [1.29, 1.82) is 0 Å². The molecule has 0 amide bonds. The quantitative estimate of drug-likeness (QED) is 0.772. The Labute approximate surface area is 78.9 Å². The summed E-state index contributed by atoms with van der Waals surface area (Å²) in [5.41, 5.74) is -2.02. The first-order chi connectivity index (χ1) is 6.18. The predicted molar refractivity (Wildman–Crippen MR) is 42.4 cm³/mol. The maximum Gasteiger partial charge on any atom is 0.435 e. The van der Waals surface area contributed by atoms with Crippen molar-refractivity contribution in [2.24, 2.45) is 0 Å². The summed E-state index contributed by atoms with van der Waals surface area (Å²) >= 11 is 0. The van der Waals surface area contributed by atoms with Gasteiger partial charge in [-0.1, -0.05) is 0 Å². The van der Waals surface area contributed by atoms with Crippen LogP contribution in [0.25, 0.3) is 0 Å². The molecule has 2 N–H and O–H groups in total. The Morgan fingerprint density at radius 3 is 2.36 bits per heavy atom. The first-order valence-electron chi connectivity index (χ1n) is 3.94. The molecular weight excluding hydrogens is 197 g/mol. The highest BCUT2D eigenvalue weighted by Gasteiger charge is 2.34. The molecule has 0 bridgehead atoms. The third-order valence-corrected chi connectivity index (χ3v) is 1.45. The number of aromatic nitrogens is 2. The zero-order chi connectivity index (χ0) is 11.0. The normalized spacial score (nSPS) is 13.3. The van der Waals surface area contributed by atoms with Gasteiger partial charge in [0, 0.05) is 18.2 Å². The van der Waals surface area contributed by atoms with Crippen molar-refractivity contribution >= 4 is 0 Å². The minimum atomic E-state index is -4.49. The van der Waals surface area contributed by atoms with E-state index in [0.29, 0.717) is 0 Å². The molecule has 0 fully saturated rings. The Bertz CT molecular complexity index is 311. The van der Waals surface area contributed by atoms with Gasteiger partial charge in [-0.25, -0.2) is 0 Å². The molecular formula is C8H10F3N2O. The van der Waals surface area contributed by atoms with E-state index in [2.05, 4.69) is 16.3 Å². The molecule has 79 valence electrons. The average Bonchev–Trinajstić information content (AvgIpc) is 2.29. The highest BCUT2D eigenvalue weighted by Crippen LogP contribution is 2.27. The van der Waals surface area contributed by atoms with Gasteiger partial charge in [0.05, 0.1) is 5.60 Å². The van der Waals surface area contributed by atoms with Gasteiger partial charge in [0.25, 0.3) is 0 Å². The van der Waals surface area contributed by atoms with Crippen molar-refractivity contribution < 1.29 is 18.3 Å². The van der Waals surface area contributed by atoms with E-state index in [-0.39, 0.29) is 12.1 Å². The maximum atomic E-state index is 12.1. The van der Waals surface area contributed by atoms with Crippen LogP contribution in [-0.2, 0) is 12.6 Å². The van der Waals surface area contributed by atoms with Gasteiger partial charge in [-0.2, -0.15) is 18.3 Å². The Morgan fingerprint density at radius 1 is 1.43 bits per heavy atom. The molecule has 3 nitrogen and oxygen atoms in total. The van der Waals surface area contributed by atoms with Crippen molar-refractivity contribution in [2.75, 3.05) is 0 Å². The van der Waals surface area contributed by atoms with Gasteiger partial charge in [-0.15, -0.1) is 0 Å². The predicted octanol–water partition coefficient (Wildman–Crippen LogP) is 1.54. The highest BCUT2D eigenvalue weighted by atomic mass is 19.4. The molecule has 0 aliphatic carbocycles.